The van der Waals surface area contributed by atoms with Gasteiger partial charge in [0.2, 0.25) is 0 Å². The van der Waals surface area contributed by atoms with Gasteiger partial charge in [0.15, 0.2) is 5.69 Å². The molecule has 1 aliphatic rings. The van der Waals surface area contributed by atoms with E-state index in [0.29, 0.717) is 5.69 Å². The van der Waals surface area contributed by atoms with Crippen molar-refractivity contribution in [2.45, 2.75) is 5.41 Å². The minimum absolute atomic E-state index is 0.433. The first-order valence-electron chi connectivity index (χ1n) is 20.1. The molecule has 0 spiro atoms. The lowest BCUT2D eigenvalue weighted by molar-refractivity contribution is 0.768. The molecule has 0 saturated carbocycles. The standard InChI is InChI=1S/C56H35N3/c1-57-41-19-14-20-42(35-41)58-52-25-12-9-22-45(52)48-33-37(27-31-54(48)58)38-28-32-55-49(34-38)46-23-10-13-26-53(46)59(55)43-29-30-51-47(36-43)44-21-8-11-24-50(44)56(51,39-15-4-2-5-16-39)40-17-6-3-7-18-40/h2-36H. The molecule has 0 atom stereocenters. The maximum absolute atomic E-state index is 7.62. The number of nitrogens with zero attached hydrogens (tertiary/aromatic N) is 3. The average Bonchev–Trinajstić information content (AvgIpc) is 3.93. The quantitative estimate of drug-likeness (QED) is 0.156. The summed E-state index contributed by atoms with van der Waals surface area (Å²) in [5.74, 6) is 0. The Morgan fingerprint density at radius 3 is 1.47 bits per heavy atom. The Labute approximate surface area is 342 Å². The molecule has 2 aromatic heterocycles. The first-order valence-corrected chi connectivity index (χ1v) is 20.1. The van der Waals surface area contributed by atoms with Gasteiger partial charge in [0.25, 0.3) is 0 Å². The molecule has 0 saturated heterocycles. The summed E-state index contributed by atoms with van der Waals surface area (Å²) in [6.45, 7) is 7.62. The molecular weight excluding hydrogens is 715 g/mol. The predicted molar refractivity (Wildman–Crippen MR) is 244 cm³/mol. The number of aromatic nitrogens is 2. The number of fused-ring (bicyclic) bond motifs is 9. The van der Waals surface area contributed by atoms with Crippen LogP contribution in [-0.4, -0.2) is 9.13 Å². The van der Waals surface area contributed by atoms with Gasteiger partial charge in [-0.1, -0.05) is 152 Å². The zero-order valence-corrected chi connectivity index (χ0v) is 32.0. The molecule has 12 rings (SSSR count). The van der Waals surface area contributed by atoms with Gasteiger partial charge in [0, 0.05) is 32.9 Å². The molecule has 0 radical (unpaired) electrons. The molecule has 0 fully saturated rings. The van der Waals surface area contributed by atoms with Crippen molar-refractivity contribution < 1.29 is 0 Å². The molecule has 1 aliphatic carbocycles. The van der Waals surface area contributed by atoms with Crippen LogP contribution in [0.15, 0.2) is 212 Å². The second kappa shape index (κ2) is 12.8. The van der Waals surface area contributed by atoms with Crippen molar-refractivity contribution in [1.82, 2.24) is 9.13 Å². The fraction of sp³-hybridized carbons (Fsp3) is 0.0179. The molecular formula is C56H35N3. The molecule has 3 heteroatoms. The van der Waals surface area contributed by atoms with Gasteiger partial charge >= 0.3 is 0 Å². The fourth-order valence-corrected chi connectivity index (χ4v) is 10.1. The summed E-state index contributed by atoms with van der Waals surface area (Å²) in [4.78, 5) is 3.71. The summed E-state index contributed by atoms with van der Waals surface area (Å²) >= 11 is 0. The number of rotatable bonds is 5. The summed E-state index contributed by atoms with van der Waals surface area (Å²) < 4.78 is 4.72. The molecule has 274 valence electrons. The minimum atomic E-state index is -0.433. The van der Waals surface area contributed by atoms with Crippen LogP contribution < -0.4 is 0 Å². The van der Waals surface area contributed by atoms with E-state index in [1.165, 1.54) is 77.1 Å². The summed E-state index contributed by atoms with van der Waals surface area (Å²) in [6.07, 6.45) is 0. The molecule has 0 N–H and O–H groups in total. The van der Waals surface area contributed by atoms with Crippen LogP contribution in [0.2, 0.25) is 0 Å². The Bertz CT molecular complexity index is 3470. The third kappa shape index (κ3) is 4.75. The largest absolute Gasteiger partial charge is 0.311 e. The Hall–Kier alpha value is -7.93. The van der Waals surface area contributed by atoms with Crippen LogP contribution in [0.4, 0.5) is 5.69 Å². The highest BCUT2D eigenvalue weighted by Gasteiger charge is 2.46. The smallest absolute Gasteiger partial charge is 0.189 e. The molecule has 0 bridgehead atoms. The summed E-state index contributed by atoms with van der Waals surface area (Å²) in [6, 6.07) is 77.1. The molecule has 0 amide bonds. The highest BCUT2D eigenvalue weighted by atomic mass is 15.0. The molecule has 0 aliphatic heterocycles. The van der Waals surface area contributed by atoms with E-state index in [-0.39, 0.29) is 0 Å². The van der Waals surface area contributed by atoms with Crippen molar-refractivity contribution in [3.05, 3.63) is 246 Å². The van der Waals surface area contributed by atoms with Gasteiger partial charge in [-0.15, -0.1) is 0 Å². The van der Waals surface area contributed by atoms with Crippen molar-refractivity contribution in [1.29, 1.82) is 0 Å². The number of benzene rings is 9. The zero-order valence-electron chi connectivity index (χ0n) is 32.0. The van der Waals surface area contributed by atoms with Gasteiger partial charge in [-0.05, 0) is 105 Å². The first-order chi connectivity index (χ1) is 29.2. The van der Waals surface area contributed by atoms with E-state index < -0.39 is 5.41 Å². The normalized spacial score (nSPS) is 12.9. The Balaban J connectivity index is 1.04. The van der Waals surface area contributed by atoms with Gasteiger partial charge < -0.3 is 9.13 Å². The highest BCUT2D eigenvalue weighted by Crippen LogP contribution is 2.56. The van der Waals surface area contributed by atoms with Crippen LogP contribution in [-0.2, 0) is 5.41 Å². The van der Waals surface area contributed by atoms with Crippen LogP contribution in [0.1, 0.15) is 22.3 Å². The fourth-order valence-electron chi connectivity index (χ4n) is 10.1. The Kier molecular flexibility index (Phi) is 7.21. The second-order valence-electron chi connectivity index (χ2n) is 15.6. The lowest BCUT2D eigenvalue weighted by Crippen LogP contribution is -2.28. The van der Waals surface area contributed by atoms with E-state index in [1.807, 2.05) is 18.2 Å². The van der Waals surface area contributed by atoms with Crippen molar-refractivity contribution in [3.63, 3.8) is 0 Å². The molecule has 3 nitrogen and oxygen atoms in total. The van der Waals surface area contributed by atoms with Crippen LogP contribution in [0.3, 0.4) is 0 Å². The van der Waals surface area contributed by atoms with Gasteiger partial charge in [-0.2, -0.15) is 0 Å². The van der Waals surface area contributed by atoms with E-state index in [9.17, 15) is 0 Å². The number of hydrogen-bond donors (Lipinski definition) is 0. The monoisotopic (exact) mass is 749 g/mol. The predicted octanol–water partition coefficient (Wildman–Crippen LogP) is 14.5. The van der Waals surface area contributed by atoms with Crippen LogP contribution in [0.5, 0.6) is 0 Å². The van der Waals surface area contributed by atoms with E-state index in [1.54, 1.807) is 0 Å². The molecule has 59 heavy (non-hydrogen) atoms. The highest BCUT2D eigenvalue weighted by molar-refractivity contribution is 6.13. The molecule has 11 aromatic rings. The summed E-state index contributed by atoms with van der Waals surface area (Å²) in [7, 11) is 0. The van der Waals surface area contributed by atoms with Gasteiger partial charge in [-0.3, -0.25) is 0 Å². The van der Waals surface area contributed by atoms with Crippen molar-refractivity contribution in [3.8, 4) is 33.6 Å². The number of para-hydroxylation sites is 2. The van der Waals surface area contributed by atoms with Crippen LogP contribution in [0, 0.1) is 6.57 Å². The van der Waals surface area contributed by atoms with E-state index >= 15 is 0 Å². The van der Waals surface area contributed by atoms with Crippen molar-refractivity contribution in [2.24, 2.45) is 0 Å². The third-order valence-corrected chi connectivity index (χ3v) is 12.6. The SMILES string of the molecule is [C-]#[N+]c1cccc(-n2c3ccccc3c3cc(-c4ccc5c(c4)c4ccccc4n5-c4ccc5c(c4)-c4ccccc4C5(c4ccccc4)c4ccccc4)ccc32)c1. The Morgan fingerprint density at radius 2 is 0.864 bits per heavy atom. The maximum atomic E-state index is 7.62. The van der Waals surface area contributed by atoms with Crippen molar-refractivity contribution >= 4 is 49.3 Å². The van der Waals surface area contributed by atoms with Crippen molar-refractivity contribution in [2.75, 3.05) is 0 Å². The van der Waals surface area contributed by atoms with E-state index in [0.717, 1.165) is 22.4 Å². The minimum Gasteiger partial charge on any atom is -0.311 e. The van der Waals surface area contributed by atoms with Crippen LogP contribution in [0.25, 0.3) is 82.1 Å². The first kappa shape index (κ1) is 33.2. The summed E-state index contributed by atoms with van der Waals surface area (Å²) in [5, 5.41) is 4.83. The van der Waals surface area contributed by atoms with E-state index in [4.69, 9.17) is 6.57 Å². The lowest BCUT2D eigenvalue weighted by Gasteiger charge is -2.33. The van der Waals surface area contributed by atoms with Gasteiger partial charge in [0.1, 0.15) is 0 Å². The maximum Gasteiger partial charge on any atom is 0.189 e. The zero-order chi connectivity index (χ0) is 39.1. The molecule has 2 heterocycles. The van der Waals surface area contributed by atoms with Gasteiger partial charge in [0.05, 0.1) is 34.1 Å². The topological polar surface area (TPSA) is 14.2 Å². The lowest BCUT2D eigenvalue weighted by atomic mass is 9.68. The van der Waals surface area contributed by atoms with Crippen LogP contribution >= 0.6 is 0 Å². The molecule has 0 unspecified atom stereocenters. The molecule has 9 aromatic carbocycles. The third-order valence-electron chi connectivity index (χ3n) is 12.6. The Morgan fingerprint density at radius 1 is 0.356 bits per heavy atom. The van der Waals surface area contributed by atoms with Gasteiger partial charge in [-0.25, -0.2) is 4.85 Å². The average molecular weight is 750 g/mol. The summed E-state index contributed by atoms with van der Waals surface area (Å²) in [5.41, 5.74) is 17.0. The second-order valence-corrected chi connectivity index (χ2v) is 15.6. The van der Waals surface area contributed by atoms with E-state index in [2.05, 4.69) is 208 Å². The number of hydrogen-bond acceptors (Lipinski definition) is 0.